The van der Waals surface area contributed by atoms with Crippen molar-refractivity contribution in [2.75, 3.05) is 0 Å². The first-order chi connectivity index (χ1) is 8.93. The Morgan fingerprint density at radius 1 is 0.600 bits per heavy atom. The number of carboxylic acids is 4. The van der Waals surface area contributed by atoms with Gasteiger partial charge in [-0.2, -0.15) is 0 Å². The lowest BCUT2D eigenvalue weighted by atomic mass is 10.1. The molecule has 0 bridgehead atoms. The largest absolute Gasteiger partial charge is 0.481 e. The molecule has 0 rings (SSSR count). The summed E-state index contributed by atoms with van der Waals surface area (Å²) in [5, 5.41) is 32.2. The highest BCUT2D eigenvalue weighted by Crippen LogP contribution is 1.96. The number of hydrogen-bond donors (Lipinski definition) is 4. The highest BCUT2D eigenvalue weighted by atomic mass is 16.4. The molecule has 0 spiro atoms. The standard InChI is InChI=1S/2C5H6O5/c2*1-2(4(7)8)3(6)5(9)10/h2*2H,1H3,(H,7,8)(H,9,10). The molecule has 10 nitrogen and oxygen atoms in total. The van der Waals surface area contributed by atoms with Crippen molar-refractivity contribution in [3.8, 4) is 0 Å². The van der Waals surface area contributed by atoms with Crippen molar-refractivity contribution in [3.05, 3.63) is 0 Å². The Hall–Kier alpha value is -2.78. The van der Waals surface area contributed by atoms with Crippen LogP contribution in [0.4, 0.5) is 0 Å². The summed E-state index contributed by atoms with van der Waals surface area (Å²) in [4.78, 5) is 60.2. The van der Waals surface area contributed by atoms with Gasteiger partial charge < -0.3 is 20.4 Å². The first kappa shape index (κ1) is 19.6. The minimum Gasteiger partial charge on any atom is -0.481 e. The number of carbonyl (C=O) groups excluding carboxylic acids is 2. The van der Waals surface area contributed by atoms with Gasteiger partial charge in [-0.25, -0.2) is 9.59 Å². The highest BCUT2D eigenvalue weighted by molar-refractivity contribution is 6.37. The maximum atomic E-state index is 10.3. The summed E-state index contributed by atoms with van der Waals surface area (Å²) in [5.41, 5.74) is 0. The van der Waals surface area contributed by atoms with Crippen LogP contribution >= 0.6 is 0 Å². The molecule has 10 heteroatoms. The molecule has 112 valence electrons. The Balaban J connectivity index is 0. The predicted octanol–water partition coefficient (Wildman–Crippen LogP) is -1.28. The molecular weight excluding hydrogens is 280 g/mol. The number of carboxylic acid groups (broad SMARTS) is 4. The van der Waals surface area contributed by atoms with Crippen LogP contribution in [0.2, 0.25) is 0 Å². The molecule has 4 N–H and O–H groups in total. The van der Waals surface area contributed by atoms with Crippen molar-refractivity contribution < 1.29 is 49.2 Å². The van der Waals surface area contributed by atoms with E-state index in [0.29, 0.717) is 0 Å². The zero-order valence-corrected chi connectivity index (χ0v) is 10.4. The molecule has 0 aliphatic heterocycles. The molecule has 2 atom stereocenters. The van der Waals surface area contributed by atoms with Crippen molar-refractivity contribution in [1.29, 1.82) is 0 Å². The third kappa shape index (κ3) is 6.83. The van der Waals surface area contributed by atoms with E-state index in [1.807, 2.05) is 0 Å². The van der Waals surface area contributed by atoms with Crippen molar-refractivity contribution in [2.24, 2.45) is 11.8 Å². The first-order valence-electron chi connectivity index (χ1n) is 4.93. The van der Waals surface area contributed by atoms with Gasteiger partial charge in [-0.3, -0.25) is 19.2 Å². The second-order valence-corrected chi connectivity index (χ2v) is 3.46. The fourth-order valence-corrected chi connectivity index (χ4v) is 0.595. The quantitative estimate of drug-likeness (QED) is 0.339. The SMILES string of the molecule is CC(C(=O)O)C(=O)C(=O)O.CC(C(=O)O)C(=O)C(=O)O. The summed E-state index contributed by atoms with van der Waals surface area (Å²) in [6.45, 7) is 2.05. The first-order valence-corrected chi connectivity index (χ1v) is 4.93. The van der Waals surface area contributed by atoms with Crippen LogP contribution in [0.3, 0.4) is 0 Å². The van der Waals surface area contributed by atoms with Gasteiger partial charge in [0, 0.05) is 0 Å². The third-order valence-corrected chi connectivity index (χ3v) is 1.95. The van der Waals surface area contributed by atoms with Gasteiger partial charge in [0.05, 0.1) is 0 Å². The minimum absolute atomic E-state index is 1.03. The summed E-state index contributed by atoms with van der Waals surface area (Å²) in [5.74, 6) is -11.8. The number of rotatable bonds is 6. The summed E-state index contributed by atoms with van der Waals surface area (Å²) in [6.07, 6.45) is 0. The van der Waals surface area contributed by atoms with E-state index in [9.17, 15) is 28.8 Å². The van der Waals surface area contributed by atoms with Crippen LogP contribution < -0.4 is 0 Å². The molecule has 20 heavy (non-hydrogen) atoms. The fraction of sp³-hybridized carbons (Fsp3) is 0.400. The average Bonchev–Trinajstić information content (AvgIpc) is 2.35. The van der Waals surface area contributed by atoms with E-state index in [0.717, 1.165) is 13.8 Å². The summed E-state index contributed by atoms with van der Waals surface area (Å²) in [6, 6.07) is 0. The lowest BCUT2D eigenvalue weighted by molar-refractivity contribution is -0.156. The molecule has 0 radical (unpaired) electrons. The average molecular weight is 292 g/mol. The van der Waals surface area contributed by atoms with Gasteiger partial charge in [0.15, 0.2) is 0 Å². The third-order valence-electron chi connectivity index (χ3n) is 1.95. The van der Waals surface area contributed by atoms with E-state index in [4.69, 9.17) is 20.4 Å². The number of carbonyl (C=O) groups is 6. The zero-order chi connectivity index (χ0) is 16.6. The van der Waals surface area contributed by atoms with E-state index in [-0.39, 0.29) is 0 Å². The van der Waals surface area contributed by atoms with Gasteiger partial charge in [0.25, 0.3) is 11.6 Å². The lowest BCUT2D eigenvalue weighted by Crippen LogP contribution is -2.27. The molecule has 0 aromatic heterocycles. The van der Waals surface area contributed by atoms with Crippen LogP contribution in [0.1, 0.15) is 13.8 Å². The second kappa shape index (κ2) is 8.34. The molecule has 0 aliphatic carbocycles. The van der Waals surface area contributed by atoms with Gasteiger partial charge in [-0.15, -0.1) is 0 Å². The summed E-state index contributed by atoms with van der Waals surface area (Å²) in [7, 11) is 0. The maximum absolute atomic E-state index is 10.3. The highest BCUT2D eigenvalue weighted by Gasteiger charge is 2.26. The van der Waals surface area contributed by atoms with Crippen LogP contribution in [0, 0.1) is 11.8 Å². The Labute approximate surface area is 111 Å². The van der Waals surface area contributed by atoms with Crippen LogP contribution in [-0.4, -0.2) is 55.9 Å². The number of ketones is 2. The van der Waals surface area contributed by atoms with E-state index < -0.39 is 47.3 Å². The van der Waals surface area contributed by atoms with Crippen molar-refractivity contribution >= 4 is 35.4 Å². The Kier molecular flexibility index (Phi) is 8.16. The normalized spacial score (nSPS) is 12.1. The van der Waals surface area contributed by atoms with Gasteiger partial charge in [0.1, 0.15) is 11.8 Å². The van der Waals surface area contributed by atoms with E-state index in [1.54, 1.807) is 0 Å². The molecule has 0 fully saturated rings. The summed E-state index contributed by atoms with van der Waals surface area (Å²) >= 11 is 0. The smallest absolute Gasteiger partial charge is 0.373 e. The van der Waals surface area contributed by atoms with Crippen molar-refractivity contribution in [1.82, 2.24) is 0 Å². The number of hydrogen-bond acceptors (Lipinski definition) is 6. The molecule has 0 saturated heterocycles. The minimum atomic E-state index is -1.71. The fourth-order valence-electron chi connectivity index (χ4n) is 0.595. The molecule has 0 aromatic carbocycles. The molecular formula is C10H12O10. The molecule has 2 unspecified atom stereocenters. The predicted molar refractivity (Wildman–Crippen MR) is 58.9 cm³/mol. The van der Waals surface area contributed by atoms with Gasteiger partial charge >= 0.3 is 23.9 Å². The topological polar surface area (TPSA) is 183 Å². The Bertz CT molecular complexity index is 407. The van der Waals surface area contributed by atoms with Crippen LogP contribution in [0.15, 0.2) is 0 Å². The van der Waals surface area contributed by atoms with Crippen molar-refractivity contribution in [3.63, 3.8) is 0 Å². The molecule has 0 saturated carbocycles. The van der Waals surface area contributed by atoms with Crippen molar-refractivity contribution in [2.45, 2.75) is 13.8 Å². The zero-order valence-electron chi connectivity index (χ0n) is 10.4. The lowest BCUT2D eigenvalue weighted by Gasteiger charge is -1.97. The van der Waals surface area contributed by atoms with Crippen LogP contribution in [-0.2, 0) is 28.8 Å². The van der Waals surface area contributed by atoms with Crippen LogP contribution in [0.5, 0.6) is 0 Å². The van der Waals surface area contributed by atoms with E-state index in [2.05, 4.69) is 0 Å². The Morgan fingerprint density at radius 2 is 0.800 bits per heavy atom. The van der Waals surface area contributed by atoms with E-state index in [1.165, 1.54) is 0 Å². The maximum Gasteiger partial charge on any atom is 0.373 e. The molecule has 0 heterocycles. The molecule has 0 amide bonds. The van der Waals surface area contributed by atoms with Gasteiger partial charge in [0.2, 0.25) is 0 Å². The number of Topliss-reactive ketones (excluding diaryl/α,β-unsaturated/α-hetero) is 2. The molecule has 0 aliphatic rings. The van der Waals surface area contributed by atoms with Crippen LogP contribution in [0.25, 0.3) is 0 Å². The van der Waals surface area contributed by atoms with E-state index >= 15 is 0 Å². The molecule has 0 aromatic rings. The Morgan fingerprint density at radius 3 is 0.850 bits per heavy atom. The summed E-state index contributed by atoms with van der Waals surface area (Å²) < 4.78 is 0. The second-order valence-electron chi connectivity index (χ2n) is 3.46. The van der Waals surface area contributed by atoms with Gasteiger partial charge in [-0.05, 0) is 13.8 Å². The van der Waals surface area contributed by atoms with Gasteiger partial charge in [-0.1, -0.05) is 0 Å². The number of aliphatic carboxylic acids is 4. The monoisotopic (exact) mass is 292 g/mol.